The number of carbonyl (C=O) groups is 1. The SMILES string of the molecule is CNS(=O)(=O)c1ccc(C)c(C(=O)NC[C@H](c2ccccc2Cl)N(C)C)c1. The van der Waals surface area contributed by atoms with E-state index in [1.54, 1.807) is 13.0 Å². The lowest BCUT2D eigenvalue weighted by Gasteiger charge is -2.26. The number of halogens is 1. The lowest BCUT2D eigenvalue weighted by molar-refractivity contribution is 0.0941. The predicted octanol–water partition coefficient (Wildman–Crippen LogP) is 2.59. The van der Waals surface area contributed by atoms with Crippen molar-refractivity contribution in [1.82, 2.24) is 14.9 Å². The van der Waals surface area contributed by atoms with Crippen molar-refractivity contribution in [2.75, 3.05) is 27.7 Å². The highest BCUT2D eigenvalue weighted by Gasteiger charge is 2.20. The number of aryl methyl sites for hydroxylation is 1. The van der Waals surface area contributed by atoms with Gasteiger partial charge in [-0.05, 0) is 57.4 Å². The topological polar surface area (TPSA) is 78.5 Å². The van der Waals surface area contributed by atoms with Crippen molar-refractivity contribution in [2.24, 2.45) is 0 Å². The third-order valence-electron chi connectivity index (χ3n) is 4.38. The van der Waals surface area contributed by atoms with Crippen LogP contribution < -0.4 is 10.0 Å². The molecular weight excluding hydrogens is 386 g/mol. The first kappa shape index (κ1) is 21.4. The molecule has 6 nitrogen and oxygen atoms in total. The van der Waals surface area contributed by atoms with Crippen molar-refractivity contribution in [1.29, 1.82) is 0 Å². The molecule has 2 aromatic carbocycles. The van der Waals surface area contributed by atoms with E-state index in [2.05, 4.69) is 10.0 Å². The highest BCUT2D eigenvalue weighted by Crippen LogP contribution is 2.25. The summed E-state index contributed by atoms with van der Waals surface area (Å²) in [6.45, 7) is 2.10. The third kappa shape index (κ3) is 5.07. The van der Waals surface area contributed by atoms with Crippen molar-refractivity contribution < 1.29 is 13.2 Å². The molecule has 0 spiro atoms. The monoisotopic (exact) mass is 409 g/mol. The van der Waals surface area contributed by atoms with E-state index in [4.69, 9.17) is 11.6 Å². The summed E-state index contributed by atoms with van der Waals surface area (Å²) in [4.78, 5) is 14.7. The highest BCUT2D eigenvalue weighted by atomic mass is 35.5. The van der Waals surface area contributed by atoms with Crippen LogP contribution in [0.4, 0.5) is 0 Å². The summed E-state index contributed by atoms with van der Waals surface area (Å²) in [6.07, 6.45) is 0. The molecule has 0 bridgehead atoms. The van der Waals surface area contributed by atoms with Gasteiger partial charge in [-0.25, -0.2) is 13.1 Å². The van der Waals surface area contributed by atoms with E-state index in [1.165, 1.54) is 19.2 Å². The Morgan fingerprint density at radius 1 is 1.19 bits per heavy atom. The van der Waals surface area contributed by atoms with Gasteiger partial charge < -0.3 is 10.2 Å². The predicted molar refractivity (Wildman–Crippen MR) is 108 cm³/mol. The van der Waals surface area contributed by atoms with Crippen LogP contribution in [0.3, 0.4) is 0 Å². The number of benzene rings is 2. The standard InChI is InChI=1S/C19H24ClN3O3S/c1-13-9-10-14(27(25,26)21-2)11-16(13)19(24)22-12-18(23(3)4)15-7-5-6-8-17(15)20/h5-11,18,21H,12H2,1-4H3,(H,22,24)/t18-/m1/s1. The molecule has 1 atom stereocenters. The van der Waals surface area contributed by atoms with Gasteiger partial charge >= 0.3 is 0 Å². The summed E-state index contributed by atoms with van der Waals surface area (Å²) in [6, 6.07) is 11.9. The molecular formula is C19H24ClN3O3S. The van der Waals surface area contributed by atoms with Gasteiger partial charge in [0.05, 0.1) is 10.9 Å². The van der Waals surface area contributed by atoms with Crippen molar-refractivity contribution in [3.05, 3.63) is 64.2 Å². The van der Waals surface area contributed by atoms with E-state index in [9.17, 15) is 13.2 Å². The van der Waals surface area contributed by atoms with E-state index >= 15 is 0 Å². The van der Waals surface area contributed by atoms with Crippen LogP contribution in [0.5, 0.6) is 0 Å². The first-order chi connectivity index (χ1) is 12.7. The van der Waals surface area contributed by atoms with E-state index in [-0.39, 0.29) is 16.8 Å². The Bertz CT molecular complexity index is 930. The number of carbonyl (C=O) groups excluding carboxylic acids is 1. The molecule has 0 heterocycles. The zero-order valence-electron chi connectivity index (χ0n) is 15.8. The summed E-state index contributed by atoms with van der Waals surface area (Å²) < 4.78 is 26.3. The second-order valence-corrected chi connectivity index (χ2v) is 8.69. The van der Waals surface area contributed by atoms with Gasteiger partial charge in [-0.1, -0.05) is 35.9 Å². The number of amides is 1. The highest BCUT2D eigenvalue weighted by molar-refractivity contribution is 7.89. The van der Waals surface area contributed by atoms with Crippen LogP contribution >= 0.6 is 11.6 Å². The third-order valence-corrected chi connectivity index (χ3v) is 6.13. The summed E-state index contributed by atoms with van der Waals surface area (Å²) in [5.74, 6) is -0.334. The van der Waals surface area contributed by atoms with Crippen molar-refractivity contribution >= 4 is 27.5 Å². The molecule has 0 radical (unpaired) electrons. The molecule has 146 valence electrons. The fourth-order valence-electron chi connectivity index (χ4n) is 2.73. The van der Waals surface area contributed by atoms with Gasteiger partial charge in [0, 0.05) is 17.1 Å². The number of likely N-dealkylation sites (N-methyl/N-ethyl adjacent to an activating group) is 1. The number of rotatable bonds is 7. The maximum atomic E-state index is 12.7. The molecule has 2 aromatic rings. The fraction of sp³-hybridized carbons (Fsp3) is 0.316. The Labute approximate surface area is 165 Å². The number of hydrogen-bond donors (Lipinski definition) is 2. The molecule has 0 aliphatic rings. The smallest absolute Gasteiger partial charge is 0.251 e. The Morgan fingerprint density at radius 2 is 1.85 bits per heavy atom. The average molecular weight is 410 g/mol. The second-order valence-electron chi connectivity index (χ2n) is 6.40. The average Bonchev–Trinajstić information content (AvgIpc) is 2.63. The second kappa shape index (κ2) is 8.84. The maximum Gasteiger partial charge on any atom is 0.251 e. The molecule has 27 heavy (non-hydrogen) atoms. The molecule has 0 aliphatic heterocycles. The van der Waals surface area contributed by atoms with Crippen LogP contribution in [0.25, 0.3) is 0 Å². The van der Waals surface area contributed by atoms with Gasteiger partial charge in [-0.15, -0.1) is 0 Å². The van der Waals surface area contributed by atoms with E-state index < -0.39 is 10.0 Å². The molecule has 0 unspecified atom stereocenters. The van der Waals surface area contributed by atoms with Crippen LogP contribution in [-0.4, -0.2) is 46.9 Å². The minimum Gasteiger partial charge on any atom is -0.350 e. The number of nitrogens with one attached hydrogen (secondary N) is 2. The van der Waals surface area contributed by atoms with Gasteiger partial charge in [0.1, 0.15) is 0 Å². The maximum absolute atomic E-state index is 12.7. The Balaban J connectivity index is 2.24. The summed E-state index contributed by atoms with van der Waals surface area (Å²) in [7, 11) is 1.53. The lowest BCUT2D eigenvalue weighted by atomic mass is 10.0. The molecule has 0 saturated carbocycles. The normalized spacial score (nSPS) is 12.8. The zero-order chi connectivity index (χ0) is 20.2. The molecule has 2 N–H and O–H groups in total. The van der Waals surface area contributed by atoms with E-state index in [1.807, 2.05) is 43.3 Å². The van der Waals surface area contributed by atoms with Crippen LogP contribution in [-0.2, 0) is 10.0 Å². The van der Waals surface area contributed by atoms with Gasteiger partial charge in [0.25, 0.3) is 5.91 Å². The van der Waals surface area contributed by atoms with Gasteiger partial charge in [0.2, 0.25) is 10.0 Å². The molecule has 0 fully saturated rings. The Hall–Kier alpha value is -1.93. The van der Waals surface area contributed by atoms with Gasteiger partial charge in [0.15, 0.2) is 0 Å². The lowest BCUT2D eigenvalue weighted by Crippen LogP contribution is -2.35. The van der Waals surface area contributed by atoms with Crippen LogP contribution in [0.2, 0.25) is 5.02 Å². The number of sulfonamides is 1. The Morgan fingerprint density at radius 3 is 2.44 bits per heavy atom. The van der Waals surface area contributed by atoms with Crippen molar-refractivity contribution in [2.45, 2.75) is 17.9 Å². The molecule has 8 heteroatoms. The first-order valence-corrected chi connectivity index (χ1v) is 10.3. The zero-order valence-corrected chi connectivity index (χ0v) is 17.4. The van der Waals surface area contributed by atoms with Crippen molar-refractivity contribution in [3.63, 3.8) is 0 Å². The van der Waals surface area contributed by atoms with E-state index in [0.717, 1.165) is 5.56 Å². The Kier molecular flexibility index (Phi) is 7.00. The molecule has 0 aliphatic carbocycles. The molecule has 1 amide bonds. The van der Waals surface area contributed by atoms with Crippen LogP contribution in [0.1, 0.15) is 27.5 Å². The first-order valence-electron chi connectivity index (χ1n) is 8.40. The minimum atomic E-state index is -3.62. The molecule has 0 saturated heterocycles. The number of nitrogens with zero attached hydrogens (tertiary/aromatic N) is 1. The molecule has 0 aromatic heterocycles. The quantitative estimate of drug-likeness (QED) is 0.736. The number of hydrogen-bond acceptors (Lipinski definition) is 4. The fourth-order valence-corrected chi connectivity index (χ4v) is 3.75. The van der Waals surface area contributed by atoms with Crippen molar-refractivity contribution in [3.8, 4) is 0 Å². The summed E-state index contributed by atoms with van der Waals surface area (Å²) in [5.41, 5.74) is 1.93. The largest absolute Gasteiger partial charge is 0.350 e. The minimum absolute atomic E-state index is 0.0519. The molecule has 2 rings (SSSR count). The summed E-state index contributed by atoms with van der Waals surface area (Å²) in [5, 5.41) is 3.52. The van der Waals surface area contributed by atoms with E-state index in [0.29, 0.717) is 22.7 Å². The summed E-state index contributed by atoms with van der Waals surface area (Å²) >= 11 is 6.29. The van der Waals surface area contributed by atoms with Crippen LogP contribution in [0, 0.1) is 6.92 Å². The van der Waals surface area contributed by atoms with Crippen LogP contribution in [0.15, 0.2) is 47.4 Å². The van der Waals surface area contributed by atoms with Gasteiger partial charge in [-0.3, -0.25) is 4.79 Å². The van der Waals surface area contributed by atoms with Gasteiger partial charge in [-0.2, -0.15) is 0 Å².